The Bertz CT molecular complexity index is 923. The number of rotatable bonds is 5. The summed E-state index contributed by atoms with van der Waals surface area (Å²) in [5.41, 5.74) is 1.39. The molecule has 146 valence electrons. The first-order valence-corrected chi connectivity index (χ1v) is 10.1. The number of dihydropyridines is 1. The molecule has 0 saturated carbocycles. The van der Waals surface area contributed by atoms with Gasteiger partial charge in [0.05, 0.1) is 18.7 Å². The van der Waals surface area contributed by atoms with Gasteiger partial charge in [-0.25, -0.2) is 4.98 Å². The maximum absolute atomic E-state index is 13.1. The van der Waals surface area contributed by atoms with Crippen LogP contribution in [0.2, 0.25) is 0 Å². The summed E-state index contributed by atoms with van der Waals surface area (Å²) in [6.07, 6.45) is 6.61. The van der Waals surface area contributed by atoms with Gasteiger partial charge in [0.1, 0.15) is 10.6 Å². The molecule has 1 fully saturated rings. The van der Waals surface area contributed by atoms with E-state index < -0.39 is 0 Å². The van der Waals surface area contributed by atoms with Gasteiger partial charge in [0, 0.05) is 24.8 Å². The average Bonchev–Trinajstić information content (AvgIpc) is 3.38. The fourth-order valence-corrected chi connectivity index (χ4v) is 4.24. The smallest absolute Gasteiger partial charge is 0.234 e. The number of nitrogens with one attached hydrogen (secondary N) is 1. The molecular weight excluding hydrogens is 378 g/mol. The summed E-state index contributed by atoms with van der Waals surface area (Å²) in [5.74, 6) is -0.0629. The Morgan fingerprint density at radius 2 is 2.11 bits per heavy atom. The molecule has 1 saturated heterocycles. The maximum Gasteiger partial charge on any atom is 0.234 e. The highest BCUT2D eigenvalue weighted by Crippen LogP contribution is 2.35. The number of allylic oxidation sites excluding steroid dienone is 1. The summed E-state index contributed by atoms with van der Waals surface area (Å²) in [5, 5.41) is 3.23. The number of ketones is 1. The van der Waals surface area contributed by atoms with E-state index in [1.807, 2.05) is 19.1 Å². The van der Waals surface area contributed by atoms with Crippen molar-refractivity contribution in [3.8, 4) is 11.5 Å². The number of furan rings is 1. The molecule has 1 N–H and O–H groups in total. The predicted octanol–water partition coefficient (Wildman–Crippen LogP) is 3.60. The molecule has 28 heavy (non-hydrogen) atoms. The summed E-state index contributed by atoms with van der Waals surface area (Å²) in [6.45, 7) is 3.49. The van der Waals surface area contributed by atoms with Crippen LogP contribution in [0.15, 0.2) is 40.0 Å². The number of hydrogen-bond acceptors (Lipinski definition) is 7. The first-order valence-electron chi connectivity index (χ1n) is 9.28. The lowest BCUT2D eigenvalue weighted by Crippen LogP contribution is -2.25. The normalized spacial score (nSPS) is 20.0. The number of thiazole rings is 1. The Hall–Kier alpha value is -2.58. The number of hydrogen-bond donors (Lipinski definition) is 1. The van der Waals surface area contributed by atoms with Gasteiger partial charge in [-0.15, -0.1) is 0 Å². The molecule has 0 aliphatic carbocycles. The number of aliphatic imine (C=N–C) groups is 1. The molecule has 2 aliphatic heterocycles. The second-order valence-electron chi connectivity index (χ2n) is 6.86. The van der Waals surface area contributed by atoms with Gasteiger partial charge in [-0.05, 0) is 38.0 Å². The van der Waals surface area contributed by atoms with Gasteiger partial charge in [-0.2, -0.15) is 0 Å². The molecule has 2 aromatic rings. The molecule has 0 spiro atoms. The van der Waals surface area contributed by atoms with Crippen LogP contribution in [-0.2, 0) is 9.53 Å². The first-order chi connectivity index (χ1) is 13.6. The Kier molecular flexibility index (Phi) is 5.50. The van der Waals surface area contributed by atoms with Gasteiger partial charge < -0.3 is 14.5 Å². The average molecular weight is 399 g/mol. The van der Waals surface area contributed by atoms with Crippen molar-refractivity contribution in [3.05, 3.63) is 35.4 Å². The number of anilines is 1. The van der Waals surface area contributed by atoms with E-state index >= 15 is 0 Å². The Labute approximate surface area is 166 Å². The van der Waals surface area contributed by atoms with Crippen LogP contribution in [0, 0.1) is 11.8 Å². The summed E-state index contributed by atoms with van der Waals surface area (Å²) in [4.78, 5) is 35.0. The number of carbonyl (C=O) groups is 2. The molecule has 1 atom stereocenters. The van der Waals surface area contributed by atoms with E-state index in [0.717, 1.165) is 5.71 Å². The quantitative estimate of drug-likeness (QED) is 0.776. The highest BCUT2D eigenvalue weighted by atomic mass is 32.1. The van der Waals surface area contributed by atoms with Crippen LogP contribution in [0.5, 0.6) is 0 Å². The van der Waals surface area contributed by atoms with Crippen molar-refractivity contribution in [1.29, 1.82) is 0 Å². The van der Waals surface area contributed by atoms with Crippen molar-refractivity contribution in [2.24, 2.45) is 16.8 Å². The summed E-state index contributed by atoms with van der Waals surface area (Å²) < 4.78 is 10.8. The van der Waals surface area contributed by atoms with Crippen molar-refractivity contribution in [2.75, 3.05) is 25.1 Å². The lowest BCUT2D eigenvalue weighted by Gasteiger charge is -2.20. The minimum Gasteiger partial charge on any atom is -0.463 e. The Morgan fingerprint density at radius 1 is 1.29 bits per heavy atom. The van der Waals surface area contributed by atoms with Crippen LogP contribution < -0.4 is 5.32 Å². The van der Waals surface area contributed by atoms with Crippen molar-refractivity contribution in [1.82, 2.24) is 4.98 Å². The molecule has 0 bridgehead atoms. The van der Waals surface area contributed by atoms with Gasteiger partial charge in [0.15, 0.2) is 16.7 Å². The van der Waals surface area contributed by atoms with E-state index in [4.69, 9.17) is 9.15 Å². The zero-order valence-electron chi connectivity index (χ0n) is 15.5. The SMILES string of the molecule is CC1=NCC(C(=O)Nc2nc(-c3ccco3)c(C(=O)C3CCOCC3)s2)C=C1. The molecule has 7 nitrogen and oxygen atoms in total. The first kappa shape index (κ1) is 18.8. The summed E-state index contributed by atoms with van der Waals surface area (Å²) in [6, 6.07) is 3.52. The second-order valence-corrected chi connectivity index (χ2v) is 7.86. The third-order valence-corrected chi connectivity index (χ3v) is 5.86. The standard InChI is InChI=1S/C20H21N3O4S/c1-12-4-5-14(11-21-12)19(25)23-20-22-16(15-3-2-8-27-15)18(28-20)17(24)13-6-9-26-10-7-13/h2-5,8,13-14H,6-7,9-11H2,1H3,(H,22,23,25). The minimum atomic E-state index is -0.339. The number of amides is 1. The van der Waals surface area contributed by atoms with Crippen molar-refractivity contribution in [2.45, 2.75) is 19.8 Å². The molecular formula is C20H21N3O4S. The Balaban J connectivity index is 1.58. The van der Waals surface area contributed by atoms with Gasteiger partial charge in [-0.3, -0.25) is 14.6 Å². The van der Waals surface area contributed by atoms with Crippen LogP contribution in [0.25, 0.3) is 11.5 Å². The molecule has 1 amide bonds. The van der Waals surface area contributed by atoms with E-state index in [9.17, 15) is 9.59 Å². The van der Waals surface area contributed by atoms with Gasteiger partial charge >= 0.3 is 0 Å². The third kappa shape index (κ3) is 3.98. The predicted molar refractivity (Wildman–Crippen MR) is 107 cm³/mol. The van der Waals surface area contributed by atoms with Crippen LogP contribution in [0.3, 0.4) is 0 Å². The topological polar surface area (TPSA) is 93.8 Å². The third-order valence-electron chi connectivity index (χ3n) is 4.87. The van der Waals surface area contributed by atoms with Crippen molar-refractivity contribution in [3.63, 3.8) is 0 Å². The minimum absolute atomic E-state index is 0.0329. The molecule has 4 rings (SSSR count). The molecule has 4 heterocycles. The highest BCUT2D eigenvalue weighted by Gasteiger charge is 2.29. The lowest BCUT2D eigenvalue weighted by molar-refractivity contribution is -0.118. The summed E-state index contributed by atoms with van der Waals surface area (Å²) >= 11 is 1.20. The second kappa shape index (κ2) is 8.20. The fraction of sp³-hybridized carbons (Fsp3) is 0.400. The monoisotopic (exact) mass is 399 g/mol. The maximum atomic E-state index is 13.1. The summed E-state index contributed by atoms with van der Waals surface area (Å²) in [7, 11) is 0. The van der Waals surface area contributed by atoms with Gasteiger partial charge in [-0.1, -0.05) is 17.4 Å². The van der Waals surface area contributed by atoms with E-state index in [1.165, 1.54) is 11.3 Å². The zero-order valence-corrected chi connectivity index (χ0v) is 16.3. The Morgan fingerprint density at radius 3 is 2.79 bits per heavy atom. The number of Topliss-reactive ketones (excluding diaryl/α,β-unsaturated/α-hetero) is 1. The van der Waals surface area contributed by atoms with Crippen molar-refractivity contribution >= 4 is 33.9 Å². The van der Waals surface area contributed by atoms with Crippen LogP contribution >= 0.6 is 11.3 Å². The zero-order chi connectivity index (χ0) is 19.5. The number of carbonyl (C=O) groups excluding carboxylic acids is 2. The van der Waals surface area contributed by atoms with E-state index in [0.29, 0.717) is 54.1 Å². The highest BCUT2D eigenvalue weighted by molar-refractivity contribution is 7.18. The van der Waals surface area contributed by atoms with E-state index in [2.05, 4.69) is 15.3 Å². The molecule has 8 heteroatoms. The van der Waals surface area contributed by atoms with Crippen LogP contribution in [-0.4, -0.2) is 42.1 Å². The van der Waals surface area contributed by atoms with E-state index in [-0.39, 0.29) is 23.5 Å². The van der Waals surface area contributed by atoms with Crippen LogP contribution in [0.4, 0.5) is 5.13 Å². The molecule has 0 aromatic carbocycles. The fourth-order valence-electron chi connectivity index (χ4n) is 3.25. The molecule has 1 unspecified atom stereocenters. The molecule has 2 aromatic heterocycles. The van der Waals surface area contributed by atoms with E-state index in [1.54, 1.807) is 18.4 Å². The largest absolute Gasteiger partial charge is 0.463 e. The molecule has 0 radical (unpaired) electrons. The van der Waals surface area contributed by atoms with Crippen molar-refractivity contribution < 1.29 is 18.7 Å². The lowest BCUT2D eigenvalue weighted by atomic mass is 9.94. The molecule has 2 aliphatic rings. The van der Waals surface area contributed by atoms with Crippen LogP contribution in [0.1, 0.15) is 29.4 Å². The van der Waals surface area contributed by atoms with Gasteiger partial charge in [0.25, 0.3) is 0 Å². The van der Waals surface area contributed by atoms with Gasteiger partial charge in [0.2, 0.25) is 5.91 Å². The number of nitrogens with zero attached hydrogens (tertiary/aromatic N) is 2. The number of ether oxygens (including phenoxy) is 1. The number of aromatic nitrogens is 1.